The van der Waals surface area contributed by atoms with Gasteiger partial charge in [0.2, 0.25) is 0 Å². The zero-order valence-electron chi connectivity index (χ0n) is 11.9. The molecule has 21 heavy (non-hydrogen) atoms. The van der Waals surface area contributed by atoms with Crippen LogP contribution in [0.3, 0.4) is 0 Å². The third-order valence-corrected chi connectivity index (χ3v) is 3.80. The first-order chi connectivity index (χ1) is 10.2. The second-order valence-electron chi connectivity index (χ2n) is 4.62. The summed E-state index contributed by atoms with van der Waals surface area (Å²) in [5.74, 6) is -0.105. The van der Waals surface area contributed by atoms with E-state index in [2.05, 4.69) is 38.5 Å². The number of carbonyl (C=O) groups excluding carboxylic acids is 1. The molecular formula is C16H18BrN3O. The summed E-state index contributed by atoms with van der Waals surface area (Å²) in [7, 11) is 0. The van der Waals surface area contributed by atoms with Crippen LogP contribution in [0.25, 0.3) is 0 Å². The van der Waals surface area contributed by atoms with E-state index in [0.29, 0.717) is 12.1 Å². The Morgan fingerprint density at radius 2 is 2.10 bits per heavy atom. The molecule has 1 heterocycles. The van der Waals surface area contributed by atoms with Crippen molar-refractivity contribution in [1.82, 2.24) is 10.3 Å². The van der Waals surface area contributed by atoms with E-state index in [1.165, 1.54) is 0 Å². The van der Waals surface area contributed by atoms with Crippen LogP contribution in [0.4, 0.5) is 5.69 Å². The normalized spacial score (nSPS) is 10.2. The van der Waals surface area contributed by atoms with E-state index in [9.17, 15) is 4.79 Å². The van der Waals surface area contributed by atoms with Crippen LogP contribution in [0.1, 0.15) is 29.3 Å². The number of hydrogen-bond donors (Lipinski definition) is 2. The first-order valence-electron chi connectivity index (χ1n) is 6.92. The van der Waals surface area contributed by atoms with Gasteiger partial charge in [-0.3, -0.25) is 9.78 Å². The van der Waals surface area contributed by atoms with Gasteiger partial charge in [0.05, 0.1) is 17.4 Å². The van der Waals surface area contributed by atoms with Crippen molar-refractivity contribution in [2.75, 3.05) is 11.9 Å². The number of aromatic nitrogens is 1. The Labute approximate surface area is 133 Å². The van der Waals surface area contributed by atoms with Crippen molar-refractivity contribution in [3.8, 4) is 0 Å². The standard InChI is InChI=1S/C16H18BrN3O/c1-2-8-19-15-11-18-9-7-13(15)16(21)20-10-12-5-3-4-6-14(12)17/h3-7,9,11,19H,2,8,10H2,1H3,(H,20,21). The quantitative estimate of drug-likeness (QED) is 0.839. The molecule has 2 N–H and O–H groups in total. The fourth-order valence-electron chi connectivity index (χ4n) is 1.91. The Morgan fingerprint density at radius 3 is 2.86 bits per heavy atom. The maximum atomic E-state index is 12.3. The molecule has 2 aromatic rings. The molecule has 0 aliphatic heterocycles. The maximum Gasteiger partial charge on any atom is 0.253 e. The number of rotatable bonds is 6. The zero-order chi connectivity index (χ0) is 15.1. The summed E-state index contributed by atoms with van der Waals surface area (Å²) in [6, 6.07) is 9.57. The highest BCUT2D eigenvalue weighted by Crippen LogP contribution is 2.17. The first kappa shape index (κ1) is 15.5. The smallest absolute Gasteiger partial charge is 0.253 e. The number of nitrogens with zero attached hydrogens (tertiary/aromatic N) is 1. The molecule has 2 rings (SSSR count). The van der Waals surface area contributed by atoms with Gasteiger partial charge in [0.1, 0.15) is 0 Å². The molecule has 0 aliphatic rings. The van der Waals surface area contributed by atoms with Gasteiger partial charge < -0.3 is 10.6 Å². The Hall–Kier alpha value is -1.88. The number of nitrogens with one attached hydrogen (secondary N) is 2. The van der Waals surface area contributed by atoms with Gasteiger partial charge in [0.25, 0.3) is 5.91 Å². The molecule has 1 aromatic heterocycles. The number of anilines is 1. The molecule has 0 aliphatic carbocycles. The van der Waals surface area contributed by atoms with Crippen LogP contribution in [0.15, 0.2) is 47.2 Å². The number of pyridine rings is 1. The largest absolute Gasteiger partial charge is 0.383 e. The lowest BCUT2D eigenvalue weighted by Crippen LogP contribution is -2.24. The zero-order valence-corrected chi connectivity index (χ0v) is 13.5. The van der Waals surface area contributed by atoms with Gasteiger partial charge in [-0.05, 0) is 24.1 Å². The van der Waals surface area contributed by atoms with Gasteiger partial charge in [-0.2, -0.15) is 0 Å². The van der Waals surface area contributed by atoms with Crippen molar-refractivity contribution in [3.63, 3.8) is 0 Å². The lowest BCUT2D eigenvalue weighted by Gasteiger charge is -2.11. The van der Waals surface area contributed by atoms with E-state index in [1.54, 1.807) is 18.5 Å². The molecule has 0 spiro atoms. The van der Waals surface area contributed by atoms with Crippen molar-refractivity contribution in [2.24, 2.45) is 0 Å². The molecule has 1 aromatic carbocycles. The van der Waals surface area contributed by atoms with E-state index >= 15 is 0 Å². The van der Waals surface area contributed by atoms with Crippen molar-refractivity contribution >= 4 is 27.5 Å². The number of amides is 1. The average Bonchev–Trinajstić information content (AvgIpc) is 2.52. The van der Waals surface area contributed by atoms with E-state index in [0.717, 1.165) is 28.7 Å². The Balaban J connectivity index is 2.05. The molecule has 0 saturated carbocycles. The van der Waals surface area contributed by atoms with Crippen LogP contribution in [-0.2, 0) is 6.54 Å². The maximum absolute atomic E-state index is 12.3. The van der Waals surface area contributed by atoms with Crippen LogP contribution in [0.5, 0.6) is 0 Å². The fourth-order valence-corrected chi connectivity index (χ4v) is 2.33. The summed E-state index contributed by atoms with van der Waals surface area (Å²) in [4.78, 5) is 16.4. The predicted molar refractivity (Wildman–Crippen MR) is 88.3 cm³/mol. The summed E-state index contributed by atoms with van der Waals surface area (Å²) in [6.45, 7) is 3.38. The summed E-state index contributed by atoms with van der Waals surface area (Å²) in [5, 5.41) is 6.16. The Bertz CT molecular complexity index is 616. The van der Waals surface area contributed by atoms with Crippen molar-refractivity contribution in [3.05, 3.63) is 58.3 Å². The minimum Gasteiger partial charge on any atom is -0.383 e. The van der Waals surface area contributed by atoms with Gasteiger partial charge in [0.15, 0.2) is 0 Å². The second-order valence-corrected chi connectivity index (χ2v) is 5.48. The minimum absolute atomic E-state index is 0.105. The van der Waals surface area contributed by atoms with Gasteiger partial charge in [0, 0.05) is 23.8 Å². The van der Waals surface area contributed by atoms with Crippen molar-refractivity contribution in [2.45, 2.75) is 19.9 Å². The fraction of sp³-hybridized carbons (Fsp3) is 0.250. The molecule has 110 valence electrons. The predicted octanol–water partition coefficient (Wildman–Crippen LogP) is 3.60. The third kappa shape index (κ3) is 4.29. The number of carbonyl (C=O) groups is 1. The van der Waals surface area contributed by atoms with Crippen LogP contribution in [0, 0.1) is 0 Å². The lowest BCUT2D eigenvalue weighted by atomic mass is 10.2. The highest BCUT2D eigenvalue weighted by Gasteiger charge is 2.11. The highest BCUT2D eigenvalue weighted by atomic mass is 79.9. The Morgan fingerprint density at radius 1 is 1.29 bits per heavy atom. The number of halogens is 1. The van der Waals surface area contributed by atoms with E-state index < -0.39 is 0 Å². The molecule has 0 unspecified atom stereocenters. The van der Waals surface area contributed by atoms with E-state index in [1.807, 2.05) is 24.3 Å². The van der Waals surface area contributed by atoms with E-state index in [4.69, 9.17) is 0 Å². The summed E-state index contributed by atoms with van der Waals surface area (Å²) in [6.07, 6.45) is 4.31. The van der Waals surface area contributed by atoms with Crippen molar-refractivity contribution < 1.29 is 4.79 Å². The van der Waals surface area contributed by atoms with Gasteiger partial charge >= 0.3 is 0 Å². The van der Waals surface area contributed by atoms with Crippen molar-refractivity contribution in [1.29, 1.82) is 0 Å². The molecule has 0 radical (unpaired) electrons. The molecular weight excluding hydrogens is 330 g/mol. The molecule has 0 fully saturated rings. The third-order valence-electron chi connectivity index (χ3n) is 3.03. The molecule has 0 bridgehead atoms. The van der Waals surface area contributed by atoms with Crippen LogP contribution >= 0.6 is 15.9 Å². The molecule has 0 atom stereocenters. The number of benzene rings is 1. The summed E-state index contributed by atoms with van der Waals surface area (Å²) >= 11 is 3.48. The second kappa shape index (κ2) is 7.78. The molecule has 0 saturated heterocycles. The SMILES string of the molecule is CCCNc1cnccc1C(=O)NCc1ccccc1Br. The minimum atomic E-state index is -0.105. The van der Waals surface area contributed by atoms with Crippen LogP contribution in [0.2, 0.25) is 0 Å². The summed E-state index contributed by atoms with van der Waals surface area (Å²) < 4.78 is 0.990. The Kier molecular flexibility index (Phi) is 5.75. The van der Waals surface area contributed by atoms with Gasteiger partial charge in [-0.25, -0.2) is 0 Å². The van der Waals surface area contributed by atoms with Gasteiger partial charge in [-0.15, -0.1) is 0 Å². The molecule has 5 heteroatoms. The molecule has 4 nitrogen and oxygen atoms in total. The first-order valence-corrected chi connectivity index (χ1v) is 7.71. The summed E-state index contributed by atoms with van der Waals surface area (Å²) in [5.41, 5.74) is 2.43. The highest BCUT2D eigenvalue weighted by molar-refractivity contribution is 9.10. The van der Waals surface area contributed by atoms with E-state index in [-0.39, 0.29) is 5.91 Å². The number of hydrogen-bond acceptors (Lipinski definition) is 3. The topological polar surface area (TPSA) is 54.0 Å². The average molecular weight is 348 g/mol. The van der Waals surface area contributed by atoms with Crippen LogP contribution in [-0.4, -0.2) is 17.4 Å². The van der Waals surface area contributed by atoms with Gasteiger partial charge in [-0.1, -0.05) is 41.1 Å². The monoisotopic (exact) mass is 347 g/mol. The molecule has 1 amide bonds. The van der Waals surface area contributed by atoms with Crippen LogP contribution < -0.4 is 10.6 Å². The lowest BCUT2D eigenvalue weighted by molar-refractivity contribution is 0.0951.